The highest BCUT2D eigenvalue weighted by molar-refractivity contribution is 5.84. The number of methoxy groups -OCH3 is 1. The largest absolute Gasteiger partial charge is 0.467 e. The van der Waals surface area contributed by atoms with Crippen molar-refractivity contribution < 1.29 is 23.8 Å². The quantitative estimate of drug-likeness (QED) is 0.728. The first-order chi connectivity index (χ1) is 14.5. The molecule has 4 rings (SSSR count). The van der Waals surface area contributed by atoms with Gasteiger partial charge in [-0.1, -0.05) is 26.3 Å². The molecule has 30 heavy (non-hydrogen) atoms. The number of carbonyl (C=O) groups excluding carboxylic acids is 2. The van der Waals surface area contributed by atoms with Crippen LogP contribution in [0.5, 0.6) is 11.5 Å². The average molecular weight is 414 g/mol. The molecule has 2 aliphatic rings. The van der Waals surface area contributed by atoms with E-state index in [-0.39, 0.29) is 18.7 Å². The molecule has 2 aromatic rings. The van der Waals surface area contributed by atoms with Gasteiger partial charge >= 0.3 is 12.0 Å². The van der Waals surface area contributed by atoms with Crippen LogP contribution >= 0.6 is 0 Å². The number of hydrogen-bond donors (Lipinski definition) is 2. The van der Waals surface area contributed by atoms with Gasteiger partial charge in [-0.25, -0.2) is 14.6 Å². The summed E-state index contributed by atoms with van der Waals surface area (Å²) in [5.41, 5.74) is 2.64. The second-order valence-corrected chi connectivity index (χ2v) is 7.56. The Morgan fingerprint density at radius 2 is 2.17 bits per heavy atom. The van der Waals surface area contributed by atoms with Gasteiger partial charge in [0.25, 0.3) is 0 Å². The van der Waals surface area contributed by atoms with Gasteiger partial charge < -0.3 is 29.4 Å². The second-order valence-electron chi connectivity index (χ2n) is 7.56. The van der Waals surface area contributed by atoms with Crippen LogP contribution in [0.3, 0.4) is 0 Å². The van der Waals surface area contributed by atoms with Crippen molar-refractivity contribution in [2.24, 2.45) is 5.92 Å². The summed E-state index contributed by atoms with van der Waals surface area (Å²) in [5, 5.41) is 2.88. The summed E-state index contributed by atoms with van der Waals surface area (Å²) in [7, 11) is 1.33. The number of aromatic amines is 1. The first-order valence-electron chi connectivity index (χ1n) is 10.1. The van der Waals surface area contributed by atoms with Crippen molar-refractivity contribution in [2.75, 3.05) is 20.4 Å². The summed E-state index contributed by atoms with van der Waals surface area (Å²) >= 11 is 0. The van der Waals surface area contributed by atoms with E-state index in [1.807, 2.05) is 32.0 Å². The summed E-state index contributed by atoms with van der Waals surface area (Å²) in [6.45, 7) is 4.55. The Balaban J connectivity index is 1.66. The zero-order valence-corrected chi connectivity index (χ0v) is 17.3. The minimum Gasteiger partial charge on any atom is -0.467 e. The molecule has 160 valence electrons. The first kappa shape index (κ1) is 20.1. The maximum atomic E-state index is 13.3. The van der Waals surface area contributed by atoms with Gasteiger partial charge in [0.2, 0.25) is 6.79 Å². The smallest absolute Gasteiger partial charge is 0.328 e. The minimum absolute atomic E-state index is 0.0591. The normalized spacial score (nSPS) is 19.0. The number of ether oxygens (including phenoxy) is 3. The fourth-order valence-electron chi connectivity index (χ4n) is 3.93. The number of imidazole rings is 1. The third kappa shape index (κ3) is 3.55. The number of amides is 2. The third-order valence-corrected chi connectivity index (χ3v) is 5.85. The molecule has 2 amide bonds. The van der Waals surface area contributed by atoms with Gasteiger partial charge in [-0.15, -0.1) is 0 Å². The van der Waals surface area contributed by atoms with Gasteiger partial charge in [0.15, 0.2) is 11.5 Å². The van der Waals surface area contributed by atoms with Crippen molar-refractivity contribution in [2.45, 2.75) is 38.8 Å². The lowest BCUT2D eigenvalue weighted by Crippen LogP contribution is -2.53. The lowest BCUT2D eigenvalue weighted by atomic mass is 9.95. The molecule has 1 aromatic heterocycles. The molecule has 0 saturated carbocycles. The van der Waals surface area contributed by atoms with Crippen molar-refractivity contribution in [3.63, 3.8) is 0 Å². The molecule has 3 atom stereocenters. The van der Waals surface area contributed by atoms with Crippen LogP contribution in [-0.2, 0) is 16.0 Å². The van der Waals surface area contributed by atoms with E-state index >= 15 is 0 Å². The second kappa shape index (κ2) is 8.25. The van der Waals surface area contributed by atoms with Crippen LogP contribution in [0, 0.1) is 5.92 Å². The number of esters is 1. The number of carbonyl (C=O) groups is 2. The molecule has 9 nitrogen and oxygen atoms in total. The molecular formula is C21H26N4O5. The average Bonchev–Trinajstić information content (AvgIpc) is 3.44. The molecule has 0 fully saturated rings. The van der Waals surface area contributed by atoms with Crippen LogP contribution in [0.2, 0.25) is 0 Å². The van der Waals surface area contributed by atoms with Gasteiger partial charge in [0.05, 0.1) is 19.1 Å². The minimum atomic E-state index is -0.717. The first-order valence-corrected chi connectivity index (χ1v) is 10.1. The molecule has 0 bridgehead atoms. The van der Waals surface area contributed by atoms with Crippen LogP contribution in [0.1, 0.15) is 43.3 Å². The van der Waals surface area contributed by atoms with E-state index in [0.29, 0.717) is 24.5 Å². The van der Waals surface area contributed by atoms with Gasteiger partial charge in [-0.05, 0) is 23.6 Å². The van der Waals surface area contributed by atoms with Crippen LogP contribution < -0.4 is 14.8 Å². The fourth-order valence-corrected chi connectivity index (χ4v) is 3.93. The van der Waals surface area contributed by atoms with E-state index in [9.17, 15) is 9.59 Å². The molecule has 0 radical (unpaired) electrons. The molecular weight excluding hydrogens is 388 g/mol. The lowest BCUT2D eigenvalue weighted by molar-refractivity contribution is -0.144. The molecule has 9 heteroatoms. The van der Waals surface area contributed by atoms with Gasteiger partial charge in [-0.2, -0.15) is 0 Å². The van der Waals surface area contributed by atoms with Gasteiger partial charge in [0.1, 0.15) is 12.1 Å². The van der Waals surface area contributed by atoms with Crippen LogP contribution in [-0.4, -0.2) is 53.4 Å². The van der Waals surface area contributed by atoms with E-state index < -0.39 is 18.1 Å². The van der Waals surface area contributed by atoms with Crippen molar-refractivity contribution >= 4 is 12.0 Å². The predicted octanol–water partition coefficient (Wildman–Crippen LogP) is 2.38. The highest BCUT2D eigenvalue weighted by Gasteiger charge is 2.37. The monoisotopic (exact) mass is 414 g/mol. The van der Waals surface area contributed by atoms with Gasteiger partial charge in [0, 0.05) is 18.7 Å². The number of urea groups is 1. The van der Waals surface area contributed by atoms with E-state index in [2.05, 4.69) is 15.3 Å². The molecule has 3 heterocycles. The number of H-pyrrole nitrogens is 1. The van der Waals surface area contributed by atoms with Crippen LogP contribution in [0.25, 0.3) is 0 Å². The summed E-state index contributed by atoms with van der Waals surface area (Å²) in [6, 6.07) is 4.17. The standard InChI is InChI=1S/C21H26N4O5/c1-4-12(2)17(20(26)28-3)24-21(27)25-8-7-14-18(23-10-22-14)19(25)13-5-6-15-16(9-13)30-11-29-15/h5-6,9-10,12,17,19H,4,7-8,11H2,1-3H3,(H,22,23)(H,24,27)/t12-,17+,19+/m0/s1. The Labute approximate surface area is 174 Å². The lowest BCUT2D eigenvalue weighted by Gasteiger charge is -2.36. The van der Waals surface area contributed by atoms with Crippen molar-refractivity contribution in [1.82, 2.24) is 20.2 Å². The Morgan fingerprint density at radius 3 is 2.93 bits per heavy atom. The molecule has 0 unspecified atom stereocenters. The maximum Gasteiger partial charge on any atom is 0.328 e. The molecule has 1 aromatic carbocycles. The highest BCUT2D eigenvalue weighted by atomic mass is 16.7. The van der Waals surface area contributed by atoms with E-state index in [0.717, 1.165) is 23.4 Å². The SMILES string of the molecule is CC[C@H](C)[C@@H](NC(=O)N1CCc2[nH]cnc2[C@H]1c1ccc2c(c1)OCO2)C(=O)OC. The summed E-state index contributed by atoms with van der Waals surface area (Å²) in [4.78, 5) is 34.9. The predicted molar refractivity (Wildman–Crippen MR) is 107 cm³/mol. The van der Waals surface area contributed by atoms with E-state index in [1.54, 1.807) is 11.2 Å². The summed E-state index contributed by atoms with van der Waals surface area (Å²) in [6.07, 6.45) is 3.02. The van der Waals surface area contributed by atoms with Crippen molar-refractivity contribution in [3.05, 3.63) is 41.5 Å². The zero-order chi connectivity index (χ0) is 21.3. The topological polar surface area (TPSA) is 106 Å². The van der Waals surface area contributed by atoms with Crippen molar-refractivity contribution in [3.8, 4) is 11.5 Å². The number of fused-ring (bicyclic) bond motifs is 2. The Morgan fingerprint density at radius 1 is 1.37 bits per heavy atom. The highest BCUT2D eigenvalue weighted by Crippen LogP contribution is 2.39. The zero-order valence-electron chi connectivity index (χ0n) is 17.3. The Kier molecular flexibility index (Phi) is 5.52. The van der Waals surface area contributed by atoms with Crippen LogP contribution in [0.4, 0.5) is 4.79 Å². The molecule has 2 aliphatic heterocycles. The van der Waals surface area contributed by atoms with Crippen molar-refractivity contribution in [1.29, 1.82) is 0 Å². The van der Waals surface area contributed by atoms with Crippen LogP contribution in [0.15, 0.2) is 24.5 Å². The Hall–Kier alpha value is -3.23. The third-order valence-electron chi connectivity index (χ3n) is 5.85. The number of benzene rings is 1. The fraction of sp³-hybridized carbons (Fsp3) is 0.476. The summed E-state index contributed by atoms with van der Waals surface area (Å²) in [5.74, 6) is 0.809. The number of nitrogens with one attached hydrogen (secondary N) is 2. The summed E-state index contributed by atoms with van der Waals surface area (Å²) < 4.78 is 15.8. The Bertz CT molecular complexity index is 943. The number of nitrogens with zero attached hydrogens (tertiary/aromatic N) is 2. The number of hydrogen-bond acceptors (Lipinski definition) is 6. The van der Waals surface area contributed by atoms with E-state index in [4.69, 9.17) is 14.2 Å². The maximum absolute atomic E-state index is 13.3. The molecule has 0 spiro atoms. The number of aromatic nitrogens is 2. The number of rotatable bonds is 5. The molecule has 0 saturated heterocycles. The molecule has 2 N–H and O–H groups in total. The van der Waals surface area contributed by atoms with E-state index in [1.165, 1.54) is 7.11 Å². The molecule has 0 aliphatic carbocycles. The van der Waals surface area contributed by atoms with Gasteiger partial charge in [-0.3, -0.25) is 0 Å².